The smallest absolute Gasteiger partial charge is 0.252 e. The molecule has 13 aromatic carbocycles. The summed E-state index contributed by atoms with van der Waals surface area (Å²) < 4.78 is 9.76. The van der Waals surface area contributed by atoms with Gasteiger partial charge in [0.15, 0.2) is 0 Å². The first-order valence-corrected chi connectivity index (χ1v) is 30.0. The van der Waals surface area contributed by atoms with Gasteiger partial charge in [-0.3, -0.25) is 0 Å². The maximum atomic E-state index is 7.14. The largest absolute Gasteiger partial charge is 0.456 e. The summed E-state index contributed by atoms with van der Waals surface area (Å²) in [4.78, 5) is 2.67. The van der Waals surface area contributed by atoms with E-state index in [4.69, 9.17) is 4.42 Å². The Morgan fingerprint density at radius 1 is 0.314 bits per heavy atom. The fourth-order valence-electron chi connectivity index (χ4n) is 14.2. The average molecular weight is 1100 g/mol. The quantitative estimate of drug-likeness (QED) is 0.141. The molecule has 2 aliphatic heterocycles. The summed E-state index contributed by atoms with van der Waals surface area (Å²) in [5, 5.41) is 4.67. The van der Waals surface area contributed by atoms with Gasteiger partial charge in [-0.15, -0.1) is 0 Å². The predicted molar refractivity (Wildman–Crippen MR) is 364 cm³/mol. The zero-order valence-electron chi connectivity index (χ0n) is 48.1. The zero-order chi connectivity index (χ0) is 57.2. The Bertz CT molecular complexity index is 5090. The number of para-hydroxylation sites is 1. The number of furan rings is 1. The van der Waals surface area contributed by atoms with Crippen molar-refractivity contribution < 1.29 is 4.42 Å². The molecule has 0 radical (unpaired) electrons. The van der Waals surface area contributed by atoms with E-state index in [0.29, 0.717) is 0 Å². The SMILES string of the molecule is CC(C)(C)c1ccc2oc3cc4c(cc3c2c1)N(c1c(-c2cccc(-c3ccccc3)c2)cccc1-c1cccc(-c2ccccc2)c1)c1cc(-c2ccccc2)cc2c1B4c1cc(-c3ccccc3)cc3c4cc(-c5ccccc5)ccc4n-2c13. The average Bonchev–Trinajstić information content (AvgIpc) is 1.33. The van der Waals surface area contributed by atoms with E-state index in [1.165, 1.54) is 94.0 Å². The number of anilines is 3. The molecule has 4 heteroatoms. The number of fused-ring (bicyclic) bond motifs is 10. The second kappa shape index (κ2) is 19.5. The van der Waals surface area contributed by atoms with E-state index >= 15 is 0 Å². The van der Waals surface area contributed by atoms with Gasteiger partial charge >= 0.3 is 0 Å². The monoisotopic (exact) mass is 1100 g/mol. The van der Waals surface area contributed by atoms with Gasteiger partial charge in [-0.1, -0.05) is 245 Å². The van der Waals surface area contributed by atoms with Crippen molar-refractivity contribution in [2.24, 2.45) is 0 Å². The molecule has 0 saturated carbocycles. The van der Waals surface area contributed by atoms with Gasteiger partial charge in [-0.05, 0) is 161 Å². The molecule has 0 saturated heterocycles. The first-order chi connectivity index (χ1) is 42.3. The lowest BCUT2D eigenvalue weighted by Gasteiger charge is -2.42. The Morgan fingerprint density at radius 3 is 1.36 bits per heavy atom. The molecule has 0 aliphatic carbocycles. The van der Waals surface area contributed by atoms with Crippen molar-refractivity contribution in [1.29, 1.82) is 0 Å². The molecule has 0 atom stereocenters. The van der Waals surface area contributed by atoms with Crippen LogP contribution in [-0.2, 0) is 5.41 Å². The van der Waals surface area contributed by atoms with E-state index in [9.17, 15) is 0 Å². The van der Waals surface area contributed by atoms with Crippen molar-refractivity contribution in [3.8, 4) is 83.6 Å². The maximum absolute atomic E-state index is 7.14. The molecular weight excluding hydrogens is 1040 g/mol. The molecule has 0 amide bonds. The van der Waals surface area contributed by atoms with Crippen LogP contribution in [-0.4, -0.2) is 11.3 Å². The van der Waals surface area contributed by atoms with Crippen LogP contribution in [0.3, 0.4) is 0 Å². The number of benzene rings is 13. The fraction of sp³-hybridized carbons (Fsp3) is 0.0488. The minimum atomic E-state index is -0.200. The van der Waals surface area contributed by atoms with Crippen molar-refractivity contribution in [1.82, 2.24) is 4.57 Å². The molecule has 404 valence electrons. The number of hydrogen-bond donors (Lipinski definition) is 0. The normalized spacial score (nSPS) is 12.5. The molecule has 15 aromatic rings. The zero-order valence-corrected chi connectivity index (χ0v) is 48.1. The number of aromatic nitrogens is 1. The summed E-state index contributed by atoms with van der Waals surface area (Å²) in [5.41, 5.74) is 29.9. The maximum Gasteiger partial charge on any atom is 0.252 e. The first-order valence-electron chi connectivity index (χ1n) is 30.0. The lowest BCUT2D eigenvalue weighted by atomic mass is 9.33. The van der Waals surface area contributed by atoms with Gasteiger partial charge in [0.25, 0.3) is 6.71 Å². The second-order valence-corrected chi connectivity index (χ2v) is 24.4. The summed E-state index contributed by atoms with van der Waals surface area (Å²) in [6.07, 6.45) is 0. The van der Waals surface area contributed by atoms with Crippen LogP contribution in [0, 0.1) is 0 Å². The Morgan fingerprint density at radius 2 is 0.791 bits per heavy atom. The lowest BCUT2D eigenvalue weighted by molar-refractivity contribution is 0.590. The first kappa shape index (κ1) is 49.9. The Balaban J connectivity index is 1.05. The summed E-state index contributed by atoms with van der Waals surface area (Å²) in [6, 6.07) is 108. The highest BCUT2D eigenvalue weighted by Gasteiger charge is 2.44. The Labute approximate surface area is 501 Å². The summed E-state index contributed by atoms with van der Waals surface area (Å²) in [5.74, 6) is 0. The summed E-state index contributed by atoms with van der Waals surface area (Å²) in [6.45, 7) is 6.69. The number of hydrogen-bond acceptors (Lipinski definition) is 2. The van der Waals surface area contributed by atoms with E-state index in [1.807, 2.05) is 0 Å². The molecule has 17 rings (SSSR count). The molecule has 0 N–H and O–H groups in total. The van der Waals surface area contributed by atoms with Crippen LogP contribution in [0.25, 0.3) is 127 Å². The van der Waals surface area contributed by atoms with Crippen LogP contribution >= 0.6 is 0 Å². The van der Waals surface area contributed by atoms with Crippen molar-refractivity contribution in [3.05, 3.63) is 297 Å². The van der Waals surface area contributed by atoms with Crippen LogP contribution in [0.2, 0.25) is 0 Å². The van der Waals surface area contributed by atoms with E-state index in [-0.39, 0.29) is 12.1 Å². The molecule has 0 fully saturated rings. The van der Waals surface area contributed by atoms with Gasteiger partial charge in [0.2, 0.25) is 0 Å². The third-order valence-corrected chi connectivity index (χ3v) is 18.3. The van der Waals surface area contributed by atoms with Crippen LogP contribution in [0.1, 0.15) is 26.3 Å². The van der Waals surface area contributed by atoms with Crippen LogP contribution in [0.4, 0.5) is 17.1 Å². The Kier molecular flexibility index (Phi) is 11.3. The minimum absolute atomic E-state index is 0.0742. The summed E-state index contributed by atoms with van der Waals surface area (Å²) >= 11 is 0. The molecule has 2 aromatic heterocycles. The van der Waals surface area contributed by atoms with Crippen molar-refractivity contribution in [2.45, 2.75) is 26.2 Å². The molecule has 0 bridgehead atoms. The third-order valence-electron chi connectivity index (χ3n) is 18.3. The number of nitrogens with zero attached hydrogens (tertiary/aromatic N) is 2. The molecule has 3 nitrogen and oxygen atoms in total. The number of rotatable bonds is 8. The van der Waals surface area contributed by atoms with E-state index in [1.54, 1.807) is 0 Å². The lowest BCUT2D eigenvalue weighted by Crippen LogP contribution is -2.60. The fourth-order valence-corrected chi connectivity index (χ4v) is 14.2. The highest BCUT2D eigenvalue weighted by Crippen LogP contribution is 2.52. The highest BCUT2D eigenvalue weighted by molar-refractivity contribution is 7.00. The standard InChI is InChI=1S/C82H57BN2O/c1-82(2,3)64-39-41-77-68(49-64)69-50-74-71(51-78(69)86-77)83-72-46-62(55-28-15-7-16-29-55)45-70-67-44-59(54-26-13-6-14-27-54)38-40-73(67)84(81(70)72)75-47-63(56-30-17-8-18-31-56)48-76(79(75)83)85(74)80-65(60-34-19-32-57(42-60)52-22-9-4-10-23-52)36-21-37-66(80)61-35-20-33-58(43-61)53-24-11-5-12-25-53/h4-51H,1-3H3. The molecule has 2 aliphatic rings. The predicted octanol–water partition coefficient (Wildman–Crippen LogP) is 20.3. The van der Waals surface area contributed by atoms with Crippen LogP contribution in [0.5, 0.6) is 0 Å². The van der Waals surface area contributed by atoms with E-state index in [0.717, 1.165) is 72.4 Å². The Hall–Kier alpha value is -10.7. The van der Waals surface area contributed by atoms with Crippen LogP contribution in [0.15, 0.2) is 296 Å². The molecule has 4 heterocycles. The van der Waals surface area contributed by atoms with Crippen LogP contribution < -0.4 is 21.3 Å². The van der Waals surface area contributed by atoms with Crippen molar-refractivity contribution >= 4 is 83.9 Å². The molecular formula is C82H57BN2O. The topological polar surface area (TPSA) is 21.3 Å². The second-order valence-electron chi connectivity index (χ2n) is 24.4. The summed E-state index contributed by atoms with van der Waals surface area (Å²) in [7, 11) is 0. The van der Waals surface area contributed by atoms with Gasteiger partial charge in [0.1, 0.15) is 11.2 Å². The van der Waals surface area contributed by atoms with Gasteiger partial charge in [0, 0.05) is 55.3 Å². The molecule has 0 unspecified atom stereocenters. The van der Waals surface area contributed by atoms with Crippen molar-refractivity contribution in [2.75, 3.05) is 4.90 Å². The van der Waals surface area contributed by atoms with Gasteiger partial charge in [-0.2, -0.15) is 0 Å². The van der Waals surface area contributed by atoms with E-state index < -0.39 is 0 Å². The molecule has 86 heavy (non-hydrogen) atoms. The van der Waals surface area contributed by atoms with Crippen molar-refractivity contribution in [3.63, 3.8) is 0 Å². The van der Waals surface area contributed by atoms with Gasteiger partial charge < -0.3 is 13.9 Å². The highest BCUT2D eigenvalue weighted by atomic mass is 16.3. The van der Waals surface area contributed by atoms with Gasteiger partial charge in [0.05, 0.1) is 11.2 Å². The molecule has 0 spiro atoms. The van der Waals surface area contributed by atoms with Gasteiger partial charge in [-0.25, -0.2) is 0 Å². The van der Waals surface area contributed by atoms with E-state index in [2.05, 4.69) is 321 Å². The minimum Gasteiger partial charge on any atom is -0.456 e. The third kappa shape index (κ3) is 7.97.